The Morgan fingerprint density at radius 1 is 0.957 bits per heavy atom. The van der Waals surface area contributed by atoms with E-state index in [-0.39, 0.29) is 26.3 Å². The quantitative estimate of drug-likeness (QED) is 0.541. The number of carbonyl (C=O) groups is 2. The van der Waals surface area contributed by atoms with Gasteiger partial charge in [0.05, 0.1) is 36.9 Å². The summed E-state index contributed by atoms with van der Waals surface area (Å²) in [5.41, 5.74) is -1.17. The molecule has 1 aromatic carbocycles. The lowest BCUT2D eigenvalue weighted by Gasteiger charge is -2.13. The van der Waals surface area contributed by atoms with Crippen LogP contribution in [-0.4, -0.2) is 22.0 Å². The van der Waals surface area contributed by atoms with E-state index in [1.54, 1.807) is 0 Å². The highest BCUT2D eigenvalue weighted by molar-refractivity contribution is 6.54. The second-order valence-corrected chi connectivity index (χ2v) is 5.72. The molecule has 6 nitrogen and oxygen atoms in total. The first kappa shape index (κ1) is 17.6. The Bertz CT molecular complexity index is 859. The summed E-state index contributed by atoms with van der Waals surface area (Å²) in [5.74, 6) is -2.37. The first-order valence-corrected chi connectivity index (χ1v) is 7.34. The van der Waals surface area contributed by atoms with E-state index in [4.69, 9.17) is 46.4 Å². The zero-order valence-electron chi connectivity index (χ0n) is 10.9. The van der Waals surface area contributed by atoms with E-state index in [9.17, 15) is 19.5 Å². The van der Waals surface area contributed by atoms with Crippen molar-refractivity contribution in [1.82, 2.24) is 4.98 Å². The molecule has 2 aromatic rings. The minimum atomic E-state index is -1.50. The van der Waals surface area contributed by atoms with Gasteiger partial charge in [0.1, 0.15) is 0 Å². The zero-order valence-corrected chi connectivity index (χ0v) is 13.9. The van der Waals surface area contributed by atoms with Crippen molar-refractivity contribution in [3.8, 4) is 0 Å². The van der Waals surface area contributed by atoms with Crippen LogP contribution in [-0.2, 0) is 0 Å². The molecule has 0 fully saturated rings. The van der Waals surface area contributed by atoms with E-state index >= 15 is 0 Å². The molecule has 0 saturated carbocycles. The summed E-state index contributed by atoms with van der Waals surface area (Å²) in [6.07, 6.45) is 1.23. The normalized spacial score (nSPS) is 10.4. The third-order valence-corrected chi connectivity index (χ3v) is 4.55. The molecule has 0 unspecified atom stereocenters. The predicted molar refractivity (Wildman–Crippen MR) is 88.5 cm³/mol. The van der Waals surface area contributed by atoms with Gasteiger partial charge in [-0.3, -0.25) is 9.59 Å². The molecule has 3 N–H and O–H groups in total. The fourth-order valence-electron chi connectivity index (χ4n) is 1.73. The van der Waals surface area contributed by atoms with Gasteiger partial charge in [0, 0.05) is 12.3 Å². The minimum Gasteiger partial charge on any atom is -0.478 e. The Balaban J connectivity index is 2.57. The van der Waals surface area contributed by atoms with Crippen molar-refractivity contribution < 1.29 is 14.7 Å². The number of carbonyl (C=O) groups excluding carboxylic acids is 1. The van der Waals surface area contributed by atoms with Crippen LogP contribution in [0.3, 0.4) is 0 Å². The Hall–Kier alpha value is -1.73. The number of hydrogen-bond acceptors (Lipinski definition) is 3. The average molecular weight is 396 g/mol. The molecule has 1 heterocycles. The fourth-order valence-corrected chi connectivity index (χ4v) is 2.75. The maximum Gasteiger partial charge on any atom is 0.338 e. The van der Waals surface area contributed by atoms with E-state index in [0.29, 0.717) is 0 Å². The average Bonchev–Trinajstić information content (AvgIpc) is 2.50. The summed E-state index contributed by atoms with van der Waals surface area (Å²) in [7, 11) is 0. The number of nitrogens with one attached hydrogen (secondary N) is 2. The molecule has 0 aliphatic carbocycles. The van der Waals surface area contributed by atoms with Crippen LogP contribution in [0.25, 0.3) is 0 Å². The largest absolute Gasteiger partial charge is 0.478 e. The number of aromatic carboxylic acids is 1. The molecule has 10 heteroatoms. The maximum absolute atomic E-state index is 12.3. The topological polar surface area (TPSA) is 99.3 Å². The molecular weight excluding hydrogens is 390 g/mol. The highest BCUT2D eigenvalue weighted by atomic mass is 35.5. The molecule has 0 bridgehead atoms. The van der Waals surface area contributed by atoms with E-state index < -0.39 is 28.0 Å². The number of hydrogen-bond donors (Lipinski definition) is 3. The molecular formula is C13H6Cl4N2O4. The van der Waals surface area contributed by atoms with Gasteiger partial charge < -0.3 is 15.4 Å². The van der Waals surface area contributed by atoms with E-state index in [1.165, 1.54) is 18.3 Å². The van der Waals surface area contributed by atoms with Gasteiger partial charge in [-0.05, 0) is 6.07 Å². The van der Waals surface area contributed by atoms with Crippen molar-refractivity contribution in [2.45, 2.75) is 0 Å². The molecule has 2 rings (SSSR count). The van der Waals surface area contributed by atoms with Crippen molar-refractivity contribution >= 4 is 64.0 Å². The number of aromatic amines is 1. The van der Waals surface area contributed by atoms with Crippen molar-refractivity contribution in [3.05, 3.63) is 59.9 Å². The smallest absolute Gasteiger partial charge is 0.338 e. The van der Waals surface area contributed by atoms with Gasteiger partial charge in [0.25, 0.3) is 5.91 Å². The van der Waals surface area contributed by atoms with Gasteiger partial charge in [-0.2, -0.15) is 0 Å². The molecule has 1 aromatic heterocycles. The molecule has 23 heavy (non-hydrogen) atoms. The number of carboxylic acids is 1. The standard InChI is InChI=1S/C13H6Cl4N2O4/c14-8-6(7(13(22)23)9(15)11(17)10(8)16)12(21)19-4-1-2-5(20)18-3-4/h1-3H,(H,18,20)(H,19,21)(H,22,23). The van der Waals surface area contributed by atoms with Crippen LogP contribution in [0.5, 0.6) is 0 Å². The number of rotatable bonds is 3. The Kier molecular flexibility index (Phi) is 5.21. The maximum atomic E-state index is 12.3. The highest BCUT2D eigenvalue weighted by Gasteiger charge is 2.28. The lowest BCUT2D eigenvalue weighted by atomic mass is 10.1. The minimum absolute atomic E-state index is 0.212. The predicted octanol–water partition coefficient (Wildman–Crippen LogP) is 3.94. The molecule has 0 saturated heterocycles. The first-order valence-electron chi connectivity index (χ1n) is 5.83. The summed E-state index contributed by atoms with van der Waals surface area (Å²) >= 11 is 23.5. The van der Waals surface area contributed by atoms with Crippen LogP contribution in [0.2, 0.25) is 20.1 Å². The van der Waals surface area contributed by atoms with Gasteiger partial charge in [0.15, 0.2) is 0 Å². The second kappa shape index (κ2) is 6.80. The number of aromatic nitrogens is 1. The van der Waals surface area contributed by atoms with Crippen molar-refractivity contribution in [1.29, 1.82) is 0 Å². The number of pyridine rings is 1. The highest BCUT2D eigenvalue weighted by Crippen LogP contribution is 2.41. The lowest BCUT2D eigenvalue weighted by Crippen LogP contribution is -2.19. The Morgan fingerprint density at radius 2 is 1.52 bits per heavy atom. The number of carboxylic acid groups (broad SMARTS) is 1. The fraction of sp³-hybridized carbons (Fsp3) is 0. The Labute approximate surface area is 148 Å². The molecule has 0 atom stereocenters. The van der Waals surface area contributed by atoms with Gasteiger partial charge in [0.2, 0.25) is 5.56 Å². The van der Waals surface area contributed by atoms with Gasteiger partial charge in [-0.15, -0.1) is 0 Å². The number of amides is 1. The lowest BCUT2D eigenvalue weighted by molar-refractivity contribution is 0.0692. The van der Waals surface area contributed by atoms with Crippen LogP contribution < -0.4 is 10.9 Å². The molecule has 0 aliphatic heterocycles. The van der Waals surface area contributed by atoms with Crippen molar-refractivity contribution in [2.24, 2.45) is 0 Å². The van der Waals surface area contributed by atoms with Crippen LogP contribution in [0, 0.1) is 0 Å². The molecule has 0 radical (unpaired) electrons. The van der Waals surface area contributed by atoms with E-state index in [1.807, 2.05) is 0 Å². The van der Waals surface area contributed by atoms with Crippen LogP contribution in [0.15, 0.2) is 23.1 Å². The first-order chi connectivity index (χ1) is 10.7. The number of benzene rings is 1. The summed E-state index contributed by atoms with van der Waals surface area (Å²) in [5, 5.41) is 10.4. The molecule has 1 amide bonds. The third-order valence-electron chi connectivity index (χ3n) is 2.75. The van der Waals surface area contributed by atoms with Crippen LogP contribution in [0.1, 0.15) is 20.7 Å². The van der Waals surface area contributed by atoms with Crippen LogP contribution >= 0.6 is 46.4 Å². The summed E-state index contributed by atoms with van der Waals surface area (Å²) in [6, 6.07) is 2.50. The van der Waals surface area contributed by atoms with E-state index in [2.05, 4.69) is 10.3 Å². The molecule has 0 aliphatic rings. The van der Waals surface area contributed by atoms with Gasteiger partial charge in [-0.1, -0.05) is 46.4 Å². The zero-order chi connectivity index (χ0) is 17.3. The molecule has 120 valence electrons. The van der Waals surface area contributed by atoms with Crippen molar-refractivity contribution in [2.75, 3.05) is 5.32 Å². The number of halogens is 4. The SMILES string of the molecule is O=C(O)c1c(Cl)c(Cl)c(Cl)c(Cl)c1C(=O)Nc1ccc(=O)[nH]c1. The van der Waals surface area contributed by atoms with Crippen molar-refractivity contribution in [3.63, 3.8) is 0 Å². The van der Waals surface area contributed by atoms with Gasteiger partial charge >= 0.3 is 5.97 Å². The monoisotopic (exact) mass is 394 g/mol. The van der Waals surface area contributed by atoms with Gasteiger partial charge in [-0.25, -0.2) is 4.79 Å². The molecule has 0 spiro atoms. The summed E-state index contributed by atoms with van der Waals surface area (Å²) in [4.78, 5) is 37.1. The summed E-state index contributed by atoms with van der Waals surface area (Å²) in [6.45, 7) is 0. The van der Waals surface area contributed by atoms with E-state index in [0.717, 1.165) is 0 Å². The number of anilines is 1. The van der Waals surface area contributed by atoms with Crippen LogP contribution in [0.4, 0.5) is 5.69 Å². The second-order valence-electron chi connectivity index (χ2n) is 4.21. The third kappa shape index (κ3) is 3.45. The number of H-pyrrole nitrogens is 1. The Morgan fingerprint density at radius 3 is 2.00 bits per heavy atom. The summed E-state index contributed by atoms with van der Waals surface area (Å²) < 4.78 is 0.